The molecule has 7 heteroatoms. The number of aromatic nitrogens is 1. The highest BCUT2D eigenvalue weighted by atomic mass is 16.5. The molecule has 0 aliphatic carbocycles. The fraction of sp³-hybridized carbons (Fsp3) is 0.636. The summed E-state index contributed by atoms with van der Waals surface area (Å²) in [7, 11) is 2.13. The Morgan fingerprint density at radius 3 is 3.11 bits per heavy atom. The second-order valence-electron chi connectivity index (χ2n) is 4.72. The van der Waals surface area contributed by atoms with Gasteiger partial charge in [-0.15, -0.1) is 0 Å². The molecular formula is C11H19N5O2. The van der Waals surface area contributed by atoms with Gasteiger partial charge in [-0.2, -0.15) is 0 Å². The van der Waals surface area contributed by atoms with Crippen LogP contribution >= 0.6 is 0 Å². The number of amides is 1. The molecule has 100 valence electrons. The van der Waals surface area contributed by atoms with E-state index in [9.17, 15) is 4.79 Å². The Morgan fingerprint density at radius 2 is 2.44 bits per heavy atom. The summed E-state index contributed by atoms with van der Waals surface area (Å²) in [5.74, 6) is 5.29. The lowest BCUT2D eigenvalue weighted by Crippen LogP contribution is -2.49. The van der Waals surface area contributed by atoms with Crippen molar-refractivity contribution in [2.45, 2.75) is 19.5 Å². The maximum atomic E-state index is 11.2. The molecule has 1 aromatic rings. The molecule has 1 unspecified atom stereocenters. The van der Waals surface area contributed by atoms with E-state index in [0.29, 0.717) is 18.3 Å². The zero-order valence-corrected chi connectivity index (χ0v) is 10.7. The van der Waals surface area contributed by atoms with E-state index >= 15 is 0 Å². The van der Waals surface area contributed by atoms with Crippen molar-refractivity contribution in [3.63, 3.8) is 0 Å². The first kappa shape index (κ1) is 13.0. The van der Waals surface area contributed by atoms with Gasteiger partial charge in [0.15, 0.2) is 11.5 Å². The van der Waals surface area contributed by atoms with E-state index in [2.05, 4.69) is 28.9 Å². The van der Waals surface area contributed by atoms with E-state index in [1.165, 1.54) is 0 Å². The maximum Gasteiger partial charge on any atom is 0.287 e. The first-order chi connectivity index (χ1) is 8.60. The predicted octanol–water partition coefficient (Wildman–Crippen LogP) is -0.586. The first-order valence-electron chi connectivity index (χ1n) is 5.99. The van der Waals surface area contributed by atoms with Crippen LogP contribution in [0.5, 0.6) is 0 Å². The van der Waals surface area contributed by atoms with Gasteiger partial charge < -0.3 is 9.42 Å². The first-order valence-corrected chi connectivity index (χ1v) is 5.99. The van der Waals surface area contributed by atoms with Crippen molar-refractivity contribution in [3.8, 4) is 0 Å². The number of nitrogens with two attached hydrogens (primary N) is 1. The van der Waals surface area contributed by atoms with Gasteiger partial charge in [0.2, 0.25) is 0 Å². The Morgan fingerprint density at radius 1 is 1.67 bits per heavy atom. The van der Waals surface area contributed by atoms with Gasteiger partial charge in [0.1, 0.15) is 0 Å². The molecule has 1 amide bonds. The second-order valence-corrected chi connectivity index (χ2v) is 4.72. The van der Waals surface area contributed by atoms with Gasteiger partial charge in [0.05, 0.1) is 6.54 Å². The molecule has 0 saturated carbocycles. The molecule has 18 heavy (non-hydrogen) atoms. The van der Waals surface area contributed by atoms with E-state index in [1.54, 1.807) is 6.07 Å². The van der Waals surface area contributed by atoms with Gasteiger partial charge in [-0.25, -0.2) is 5.84 Å². The van der Waals surface area contributed by atoms with E-state index in [1.807, 2.05) is 5.43 Å². The number of hydrogen-bond acceptors (Lipinski definition) is 6. The average molecular weight is 253 g/mol. The Hall–Kier alpha value is -1.44. The summed E-state index contributed by atoms with van der Waals surface area (Å²) in [6.45, 7) is 5.86. The summed E-state index contributed by atoms with van der Waals surface area (Å²) in [5.41, 5.74) is 2.25. The zero-order valence-electron chi connectivity index (χ0n) is 10.7. The predicted molar refractivity (Wildman–Crippen MR) is 65.5 cm³/mol. The standard InChI is InChI=1S/C11H19N5O2/c1-8-6-16(4-3-15(8)2)7-9-5-10(14-18-9)11(17)13-12/h5,8H,3-4,6-7,12H2,1-2H3,(H,13,17). The molecule has 2 rings (SSSR count). The summed E-state index contributed by atoms with van der Waals surface area (Å²) in [6, 6.07) is 2.15. The molecule has 7 nitrogen and oxygen atoms in total. The van der Waals surface area contributed by atoms with Crippen molar-refractivity contribution >= 4 is 5.91 Å². The second kappa shape index (κ2) is 5.47. The van der Waals surface area contributed by atoms with Crippen LogP contribution < -0.4 is 11.3 Å². The lowest BCUT2D eigenvalue weighted by molar-refractivity contribution is 0.0922. The van der Waals surface area contributed by atoms with Gasteiger partial charge in [-0.3, -0.25) is 15.1 Å². The molecule has 0 bridgehead atoms. The summed E-state index contributed by atoms with van der Waals surface area (Å²) < 4.78 is 5.13. The highest BCUT2D eigenvalue weighted by molar-refractivity contribution is 5.91. The Kier molecular flexibility index (Phi) is 3.95. The van der Waals surface area contributed by atoms with E-state index < -0.39 is 5.91 Å². The van der Waals surface area contributed by atoms with E-state index in [0.717, 1.165) is 19.6 Å². The molecule has 1 fully saturated rings. The topological polar surface area (TPSA) is 87.6 Å². The molecule has 1 aliphatic rings. The molecule has 2 heterocycles. The van der Waals surface area contributed by atoms with Crippen LogP contribution in [0.2, 0.25) is 0 Å². The van der Waals surface area contributed by atoms with Crippen molar-refractivity contribution in [1.82, 2.24) is 20.4 Å². The van der Waals surface area contributed by atoms with Crippen LogP contribution in [0.4, 0.5) is 0 Å². The zero-order chi connectivity index (χ0) is 13.1. The lowest BCUT2D eigenvalue weighted by Gasteiger charge is -2.37. The van der Waals surface area contributed by atoms with Crippen molar-refractivity contribution in [2.24, 2.45) is 5.84 Å². The van der Waals surface area contributed by atoms with Crippen LogP contribution in [0, 0.1) is 0 Å². The quantitative estimate of drug-likeness (QED) is 0.425. The normalized spacial score (nSPS) is 22.1. The van der Waals surface area contributed by atoms with Crippen molar-refractivity contribution in [1.29, 1.82) is 0 Å². The maximum absolute atomic E-state index is 11.2. The minimum absolute atomic E-state index is 0.217. The Bertz CT molecular complexity index is 419. The molecule has 3 N–H and O–H groups in total. The summed E-state index contributed by atoms with van der Waals surface area (Å²) >= 11 is 0. The molecule has 1 saturated heterocycles. The van der Waals surface area contributed by atoms with Gasteiger partial charge in [0.25, 0.3) is 5.91 Å². The van der Waals surface area contributed by atoms with Crippen LogP contribution in [-0.4, -0.2) is 53.6 Å². The SMILES string of the molecule is CC1CN(Cc2cc(C(=O)NN)no2)CCN1C. The third-order valence-corrected chi connectivity index (χ3v) is 3.35. The van der Waals surface area contributed by atoms with Gasteiger partial charge >= 0.3 is 0 Å². The molecule has 1 aliphatic heterocycles. The smallest absolute Gasteiger partial charge is 0.287 e. The van der Waals surface area contributed by atoms with Crippen molar-refractivity contribution < 1.29 is 9.32 Å². The van der Waals surface area contributed by atoms with Gasteiger partial charge in [-0.1, -0.05) is 5.16 Å². The minimum Gasteiger partial charge on any atom is -0.359 e. The van der Waals surface area contributed by atoms with Crippen molar-refractivity contribution in [2.75, 3.05) is 26.7 Å². The Balaban J connectivity index is 1.93. The highest BCUT2D eigenvalue weighted by Gasteiger charge is 2.22. The van der Waals surface area contributed by atoms with Crippen LogP contribution in [-0.2, 0) is 6.54 Å². The number of hydrazine groups is 1. The average Bonchev–Trinajstić information content (AvgIpc) is 2.81. The van der Waals surface area contributed by atoms with Crippen LogP contribution in [0.3, 0.4) is 0 Å². The number of rotatable bonds is 3. The number of nitrogen functional groups attached to an aromatic ring is 1. The van der Waals surface area contributed by atoms with Crippen LogP contribution in [0.25, 0.3) is 0 Å². The summed E-state index contributed by atoms with van der Waals surface area (Å²) in [6.07, 6.45) is 0. The number of piperazine rings is 1. The van der Waals surface area contributed by atoms with E-state index in [4.69, 9.17) is 10.4 Å². The Labute approximate surface area is 106 Å². The summed E-state index contributed by atoms with van der Waals surface area (Å²) in [5, 5.41) is 3.68. The molecular weight excluding hydrogens is 234 g/mol. The fourth-order valence-electron chi connectivity index (χ4n) is 2.06. The number of hydrogen-bond donors (Lipinski definition) is 2. The summed E-state index contributed by atoms with van der Waals surface area (Å²) in [4.78, 5) is 15.8. The third kappa shape index (κ3) is 2.87. The number of likely N-dealkylation sites (N-methyl/N-ethyl adjacent to an activating group) is 1. The van der Waals surface area contributed by atoms with Crippen LogP contribution in [0.15, 0.2) is 10.6 Å². The van der Waals surface area contributed by atoms with Gasteiger partial charge in [0, 0.05) is 31.7 Å². The molecule has 0 radical (unpaired) electrons. The van der Waals surface area contributed by atoms with Crippen LogP contribution in [0.1, 0.15) is 23.2 Å². The fourth-order valence-corrected chi connectivity index (χ4v) is 2.06. The number of nitrogens with one attached hydrogen (secondary N) is 1. The minimum atomic E-state index is -0.434. The molecule has 1 aromatic heterocycles. The molecule has 1 atom stereocenters. The van der Waals surface area contributed by atoms with Crippen molar-refractivity contribution in [3.05, 3.63) is 17.5 Å². The van der Waals surface area contributed by atoms with E-state index in [-0.39, 0.29) is 5.69 Å². The third-order valence-electron chi connectivity index (χ3n) is 3.35. The highest BCUT2D eigenvalue weighted by Crippen LogP contribution is 2.12. The van der Waals surface area contributed by atoms with Gasteiger partial charge in [-0.05, 0) is 14.0 Å². The molecule has 0 spiro atoms. The number of carbonyl (C=O) groups is 1. The largest absolute Gasteiger partial charge is 0.359 e. The lowest BCUT2D eigenvalue weighted by atomic mass is 10.2. The number of nitrogens with zero attached hydrogens (tertiary/aromatic N) is 3. The molecule has 0 aromatic carbocycles. The number of carbonyl (C=O) groups excluding carboxylic acids is 1. The monoisotopic (exact) mass is 253 g/mol.